The molecular formula is C11H15NO. The van der Waals surface area contributed by atoms with Gasteiger partial charge in [-0.15, -0.1) is 0 Å². The van der Waals surface area contributed by atoms with Gasteiger partial charge < -0.3 is 4.74 Å². The van der Waals surface area contributed by atoms with Crippen molar-refractivity contribution < 1.29 is 4.74 Å². The quantitative estimate of drug-likeness (QED) is 0.660. The van der Waals surface area contributed by atoms with E-state index in [1.165, 1.54) is 5.56 Å². The second kappa shape index (κ2) is 3.46. The number of rotatable bonds is 3. The van der Waals surface area contributed by atoms with E-state index in [0.717, 1.165) is 6.42 Å². The molecule has 0 N–H and O–H groups in total. The maximum absolute atomic E-state index is 5.43. The molecule has 0 amide bonds. The van der Waals surface area contributed by atoms with E-state index in [1.54, 1.807) is 0 Å². The number of pyridine rings is 1. The lowest BCUT2D eigenvalue weighted by Crippen LogP contribution is -2.08. The van der Waals surface area contributed by atoms with E-state index in [-0.39, 0.29) is 0 Å². The number of nitrogens with zero attached hydrogens (tertiary/aromatic N) is 1. The first-order chi connectivity index (χ1) is 6.27. The molecule has 0 radical (unpaired) electrons. The molecule has 0 bridgehead atoms. The van der Waals surface area contributed by atoms with Gasteiger partial charge in [-0.25, -0.2) is 0 Å². The fourth-order valence-electron chi connectivity index (χ4n) is 1.81. The van der Waals surface area contributed by atoms with Gasteiger partial charge in [0.05, 0.1) is 12.2 Å². The van der Waals surface area contributed by atoms with Gasteiger partial charge in [-0.1, -0.05) is 13.0 Å². The SMILES string of the molecule is CC(Cc1cccnc1)C1OC1C. The van der Waals surface area contributed by atoms with Crippen molar-refractivity contribution in [2.45, 2.75) is 32.5 Å². The first kappa shape index (κ1) is 8.70. The van der Waals surface area contributed by atoms with Crippen molar-refractivity contribution in [2.75, 3.05) is 0 Å². The van der Waals surface area contributed by atoms with Crippen molar-refractivity contribution in [1.82, 2.24) is 4.98 Å². The van der Waals surface area contributed by atoms with E-state index in [1.807, 2.05) is 18.5 Å². The Kier molecular flexibility index (Phi) is 2.32. The lowest BCUT2D eigenvalue weighted by Gasteiger charge is -2.06. The molecule has 70 valence electrons. The Balaban J connectivity index is 1.91. The molecule has 1 aromatic rings. The zero-order valence-electron chi connectivity index (χ0n) is 8.10. The van der Waals surface area contributed by atoms with Gasteiger partial charge in [0.15, 0.2) is 0 Å². The van der Waals surface area contributed by atoms with Crippen molar-refractivity contribution in [3.05, 3.63) is 30.1 Å². The summed E-state index contributed by atoms with van der Waals surface area (Å²) in [6.07, 6.45) is 5.75. The van der Waals surface area contributed by atoms with E-state index < -0.39 is 0 Å². The molecule has 1 aliphatic heterocycles. The zero-order valence-corrected chi connectivity index (χ0v) is 8.10. The van der Waals surface area contributed by atoms with Crippen LogP contribution >= 0.6 is 0 Å². The topological polar surface area (TPSA) is 25.4 Å². The van der Waals surface area contributed by atoms with Crippen LogP contribution in [-0.4, -0.2) is 17.2 Å². The van der Waals surface area contributed by atoms with E-state index >= 15 is 0 Å². The van der Waals surface area contributed by atoms with Crippen molar-refractivity contribution in [3.63, 3.8) is 0 Å². The summed E-state index contributed by atoms with van der Waals surface area (Å²) in [6.45, 7) is 4.37. The number of hydrogen-bond acceptors (Lipinski definition) is 2. The Morgan fingerprint density at radius 1 is 1.62 bits per heavy atom. The molecule has 0 aromatic carbocycles. The molecule has 1 aliphatic rings. The Morgan fingerprint density at radius 2 is 2.38 bits per heavy atom. The molecule has 2 heterocycles. The average molecular weight is 177 g/mol. The number of aromatic nitrogens is 1. The van der Waals surface area contributed by atoms with Crippen LogP contribution in [0.3, 0.4) is 0 Å². The van der Waals surface area contributed by atoms with Gasteiger partial charge >= 0.3 is 0 Å². The molecule has 3 atom stereocenters. The first-order valence-electron chi connectivity index (χ1n) is 4.81. The summed E-state index contributed by atoms with van der Waals surface area (Å²) in [6, 6.07) is 4.11. The molecule has 0 aliphatic carbocycles. The zero-order chi connectivity index (χ0) is 9.26. The number of epoxide rings is 1. The van der Waals surface area contributed by atoms with Crippen molar-refractivity contribution >= 4 is 0 Å². The van der Waals surface area contributed by atoms with Gasteiger partial charge in [0.25, 0.3) is 0 Å². The van der Waals surface area contributed by atoms with Crippen LogP contribution in [0, 0.1) is 5.92 Å². The van der Waals surface area contributed by atoms with Gasteiger partial charge in [-0.2, -0.15) is 0 Å². The summed E-state index contributed by atoms with van der Waals surface area (Å²) in [7, 11) is 0. The molecule has 13 heavy (non-hydrogen) atoms. The molecular weight excluding hydrogens is 162 g/mol. The first-order valence-corrected chi connectivity index (χ1v) is 4.81. The van der Waals surface area contributed by atoms with Crippen LogP contribution in [0.4, 0.5) is 0 Å². The smallest absolute Gasteiger partial charge is 0.0867 e. The molecule has 1 fully saturated rings. The van der Waals surface area contributed by atoms with Gasteiger partial charge in [0, 0.05) is 12.4 Å². The Labute approximate surface area is 78.9 Å². The third kappa shape index (κ3) is 2.07. The summed E-state index contributed by atoms with van der Waals surface area (Å²) in [5.74, 6) is 0.610. The Bertz CT molecular complexity index is 273. The maximum Gasteiger partial charge on any atom is 0.0867 e. The highest BCUT2D eigenvalue weighted by Crippen LogP contribution is 2.30. The lowest BCUT2D eigenvalue weighted by molar-refractivity contribution is 0.328. The molecule has 1 saturated heterocycles. The van der Waals surface area contributed by atoms with Crippen LogP contribution in [0.5, 0.6) is 0 Å². The minimum absolute atomic E-state index is 0.465. The molecule has 1 aromatic heterocycles. The van der Waals surface area contributed by atoms with E-state index in [0.29, 0.717) is 18.1 Å². The summed E-state index contributed by atoms with van der Waals surface area (Å²) in [5, 5.41) is 0. The molecule has 0 spiro atoms. The summed E-state index contributed by atoms with van der Waals surface area (Å²) >= 11 is 0. The van der Waals surface area contributed by atoms with E-state index in [4.69, 9.17) is 4.74 Å². The third-order valence-corrected chi connectivity index (χ3v) is 2.60. The van der Waals surface area contributed by atoms with Crippen LogP contribution in [-0.2, 0) is 11.2 Å². The fourth-order valence-corrected chi connectivity index (χ4v) is 1.81. The molecule has 3 unspecified atom stereocenters. The van der Waals surface area contributed by atoms with Crippen LogP contribution < -0.4 is 0 Å². The predicted molar refractivity (Wildman–Crippen MR) is 51.4 cm³/mol. The predicted octanol–water partition coefficient (Wildman–Crippen LogP) is 2.05. The monoisotopic (exact) mass is 177 g/mol. The van der Waals surface area contributed by atoms with Crippen molar-refractivity contribution in [2.24, 2.45) is 5.92 Å². The van der Waals surface area contributed by atoms with E-state index in [2.05, 4.69) is 24.9 Å². The second-order valence-electron chi connectivity index (χ2n) is 3.85. The summed E-state index contributed by atoms with van der Waals surface area (Å²) < 4.78 is 5.43. The molecule has 2 heteroatoms. The standard InChI is InChI=1S/C11H15NO/c1-8(11-9(2)13-11)6-10-4-3-5-12-7-10/h3-5,7-9,11H,6H2,1-2H3. The minimum atomic E-state index is 0.465. The van der Waals surface area contributed by atoms with Crippen LogP contribution in [0.1, 0.15) is 19.4 Å². The summed E-state index contributed by atoms with van der Waals surface area (Å²) in [5.41, 5.74) is 1.30. The number of hydrogen-bond donors (Lipinski definition) is 0. The van der Waals surface area contributed by atoms with Gasteiger partial charge in [-0.05, 0) is 30.9 Å². The highest BCUT2D eigenvalue weighted by atomic mass is 16.6. The normalized spacial score (nSPS) is 28.5. The van der Waals surface area contributed by atoms with Crippen LogP contribution in [0.25, 0.3) is 0 Å². The molecule has 0 saturated carbocycles. The lowest BCUT2D eigenvalue weighted by atomic mass is 9.98. The van der Waals surface area contributed by atoms with E-state index in [9.17, 15) is 0 Å². The third-order valence-electron chi connectivity index (χ3n) is 2.60. The van der Waals surface area contributed by atoms with Crippen molar-refractivity contribution in [1.29, 1.82) is 0 Å². The largest absolute Gasteiger partial charge is 0.370 e. The van der Waals surface area contributed by atoms with Gasteiger partial charge in [0.2, 0.25) is 0 Å². The highest BCUT2D eigenvalue weighted by molar-refractivity contribution is 5.10. The van der Waals surface area contributed by atoms with Crippen LogP contribution in [0.2, 0.25) is 0 Å². The summed E-state index contributed by atoms with van der Waals surface area (Å²) in [4.78, 5) is 4.10. The average Bonchev–Trinajstić information content (AvgIpc) is 2.84. The van der Waals surface area contributed by atoms with Crippen molar-refractivity contribution in [3.8, 4) is 0 Å². The highest BCUT2D eigenvalue weighted by Gasteiger charge is 2.38. The molecule has 2 nitrogen and oxygen atoms in total. The maximum atomic E-state index is 5.43. The Hall–Kier alpha value is -0.890. The second-order valence-corrected chi connectivity index (χ2v) is 3.85. The molecule has 2 rings (SSSR count). The minimum Gasteiger partial charge on any atom is -0.370 e. The number of ether oxygens (including phenoxy) is 1. The van der Waals surface area contributed by atoms with Gasteiger partial charge in [0.1, 0.15) is 0 Å². The fraction of sp³-hybridized carbons (Fsp3) is 0.545. The van der Waals surface area contributed by atoms with Crippen LogP contribution in [0.15, 0.2) is 24.5 Å². The van der Waals surface area contributed by atoms with Gasteiger partial charge in [-0.3, -0.25) is 4.98 Å². The Morgan fingerprint density at radius 3 is 2.92 bits per heavy atom.